The van der Waals surface area contributed by atoms with E-state index in [-0.39, 0.29) is 36.8 Å². The first-order valence-electron chi connectivity index (χ1n) is 19.4. The quantitative estimate of drug-likeness (QED) is 0.132. The minimum atomic E-state index is -3.38. The molecule has 0 saturated heterocycles. The summed E-state index contributed by atoms with van der Waals surface area (Å²) in [6.45, 7) is 6.92. The van der Waals surface area contributed by atoms with Crippen molar-refractivity contribution in [3.8, 4) is 22.5 Å². The minimum absolute atomic E-state index is 0. The van der Waals surface area contributed by atoms with Gasteiger partial charge >= 0.3 is 0 Å². The van der Waals surface area contributed by atoms with Crippen LogP contribution >= 0.6 is 0 Å². The monoisotopic (exact) mass is 813 g/mol. The fourth-order valence-electron chi connectivity index (χ4n) is 5.02. The summed E-state index contributed by atoms with van der Waals surface area (Å²) in [5.74, 6) is 0. The van der Waals surface area contributed by atoms with Gasteiger partial charge in [0.05, 0.1) is 5.58 Å². The first kappa shape index (κ1) is 24.7. The van der Waals surface area contributed by atoms with E-state index >= 15 is 0 Å². The second-order valence-electron chi connectivity index (χ2n) is 13.6. The molecule has 241 valence electrons. The number of benzene rings is 2. The standard InChI is InChI=1S/C27H33N2OSi.C13H12N.Ir/c1-26(2,3)17-12-13-28-21(15-17)19-10-11-22(31(7,8)9)23-20-14-18(27(4,5)6)16-29-25(20)30-24(19)23;1-10-8-13(14-9-11(10)2)12-6-4-3-5-7-12;/h11-16H,1-9H3;3-6,8-9H,1-2H3;/q2*-1;/i1D3,2D3,3D3;;. The predicted octanol–water partition coefficient (Wildman–Crippen LogP) is 10.1. The molecule has 0 aliphatic heterocycles. The molecule has 4 aromatic heterocycles. The van der Waals surface area contributed by atoms with E-state index in [1.807, 2.05) is 36.5 Å². The van der Waals surface area contributed by atoms with Gasteiger partial charge in [0.2, 0.25) is 5.71 Å². The summed E-state index contributed by atoms with van der Waals surface area (Å²) in [7, 11) is -1.94. The molecule has 0 fully saturated rings. The Morgan fingerprint density at radius 3 is 2.20 bits per heavy atom. The zero-order chi connectivity index (χ0) is 40.2. The molecule has 0 bridgehead atoms. The van der Waals surface area contributed by atoms with Crippen LogP contribution in [0, 0.1) is 26.0 Å². The Morgan fingerprint density at radius 1 is 0.804 bits per heavy atom. The van der Waals surface area contributed by atoms with Gasteiger partial charge in [-0.2, -0.15) is 0 Å². The van der Waals surface area contributed by atoms with Crippen LogP contribution in [0.25, 0.3) is 44.6 Å². The maximum atomic E-state index is 8.10. The normalized spacial score (nSPS) is 15.8. The van der Waals surface area contributed by atoms with E-state index in [4.69, 9.17) is 16.8 Å². The van der Waals surface area contributed by atoms with Crippen molar-refractivity contribution in [3.05, 3.63) is 108 Å². The van der Waals surface area contributed by atoms with E-state index in [0.29, 0.717) is 16.9 Å². The third kappa shape index (κ3) is 7.57. The number of hydrogen-bond donors (Lipinski definition) is 0. The second-order valence-corrected chi connectivity index (χ2v) is 18.6. The van der Waals surface area contributed by atoms with Gasteiger partial charge in [-0.15, -0.1) is 53.2 Å². The van der Waals surface area contributed by atoms with Crippen molar-refractivity contribution < 1.29 is 36.9 Å². The molecule has 6 aromatic rings. The molecule has 0 atom stereocenters. The summed E-state index contributed by atoms with van der Waals surface area (Å²) in [5.41, 5.74) is 3.26. The molecule has 0 amide bonds. The van der Waals surface area contributed by atoms with E-state index in [2.05, 4.69) is 93.5 Å². The molecule has 0 saturated carbocycles. The van der Waals surface area contributed by atoms with E-state index in [9.17, 15) is 0 Å². The Labute approximate surface area is 302 Å². The molecule has 6 rings (SSSR count). The zero-order valence-corrected chi connectivity index (χ0v) is 30.9. The number of pyridine rings is 3. The molecule has 4 heterocycles. The zero-order valence-electron chi connectivity index (χ0n) is 36.5. The Hall–Kier alpha value is -3.44. The van der Waals surface area contributed by atoms with Crippen molar-refractivity contribution in [2.45, 2.75) is 85.6 Å². The van der Waals surface area contributed by atoms with Crippen LogP contribution in [0.2, 0.25) is 19.6 Å². The van der Waals surface area contributed by atoms with Crippen LogP contribution in [0.4, 0.5) is 0 Å². The number of aryl methyl sites for hydroxylation is 2. The fourth-order valence-corrected chi connectivity index (χ4v) is 6.53. The Balaban J connectivity index is 0.000000375. The SMILES string of the molecule is Cc1cnc(-c2[c-]cccc2)cc1C.[2H]C([2H])([2H])C(c1ccnc(-c2[c-]cc([Si](C)(C)C)c3c2oc2ncc(C(C)(C)C)cc23)c1)(C([2H])([2H])[2H])C([2H])([2H])[2H].[Ir]. The van der Waals surface area contributed by atoms with Gasteiger partial charge in [-0.1, -0.05) is 89.6 Å². The summed E-state index contributed by atoms with van der Waals surface area (Å²) in [4.78, 5) is 13.4. The average Bonchev–Trinajstić information content (AvgIpc) is 3.43. The summed E-state index contributed by atoms with van der Waals surface area (Å²) >= 11 is 0. The maximum absolute atomic E-state index is 8.10. The largest absolute Gasteiger partial charge is 0.486 e. The van der Waals surface area contributed by atoms with E-state index in [1.165, 1.54) is 23.4 Å². The molecule has 0 N–H and O–H groups in total. The predicted molar refractivity (Wildman–Crippen MR) is 192 cm³/mol. The molecule has 6 heteroatoms. The van der Waals surface area contributed by atoms with Crippen LogP contribution in [0.15, 0.2) is 77.6 Å². The molecule has 2 aromatic carbocycles. The Kier molecular flexibility index (Phi) is 7.17. The van der Waals surface area contributed by atoms with Crippen LogP contribution < -0.4 is 5.19 Å². The number of nitrogens with zero attached hydrogens (tertiary/aromatic N) is 3. The maximum Gasteiger partial charge on any atom is 0.216 e. The molecule has 0 aliphatic carbocycles. The summed E-state index contributed by atoms with van der Waals surface area (Å²) in [6.07, 6.45) is 4.91. The van der Waals surface area contributed by atoms with Crippen LogP contribution in [-0.4, -0.2) is 23.0 Å². The smallest absolute Gasteiger partial charge is 0.216 e. The van der Waals surface area contributed by atoms with Gasteiger partial charge in [0.15, 0.2) is 0 Å². The van der Waals surface area contributed by atoms with Gasteiger partial charge < -0.3 is 14.4 Å². The molecule has 0 aliphatic rings. The number of fused-ring (bicyclic) bond motifs is 3. The molecule has 46 heavy (non-hydrogen) atoms. The third-order valence-corrected chi connectivity index (χ3v) is 9.89. The Morgan fingerprint density at radius 2 is 1.57 bits per heavy atom. The van der Waals surface area contributed by atoms with Crippen molar-refractivity contribution in [2.24, 2.45) is 0 Å². The first-order valence-corrected chi connectivity index (χ1v) is 18.4. The first-order chi connectivity index (χ1) is 24.8. The van der Waals surface area contributed by atoms with Gasteiger partial charge in [0.1, 0.15) is 0 Å². The Bertz CT molecular complexity index is 2270. The van der Waals surface area contributed by atoms with Gasteiger partial charge in [-0.25, -0.2) is 4.98 Å². The van der Waals surface area contributed by atoms with E-state index < -0.39 is 34.0 Å². The molecular weight excluding hydrogens is 759 g/mol. The molecule has 1 radical (unpaired) electrons. The van der Waals surface area contributed by atoms with Gasteiger partial charge in [-0.05, 0) is 64.9 Å². The van der Waals surface area contributed by atoms with Gasteiger partial charge in [0, 0.05) is 64.5 Å². The number of aromatic nitrogens is 3. The van der Waals surface area contributed by atoms with Crippen molar-refractivity contribution in [1.29, 1.82) is 0 Å². The number of hydrogen-bond acceptors (Lipinski definition) is 4. The van der Waals surface area contributed by atoms with Gasteiger partial charge in [0.25, 0.3) is 0 Å². The molecule has 0 spiro atoms. The van der Waals surface area contributed by atoms with Crippen LogP contribution in [0.1, 0.15) is 75.9 Å². The van der Waals surface area contributed by atoms with Crippen LogP contribution in [0.3, 0.4) is 0 Å². The number of furan rings is 1. The van der Waals surface area contributed by atoms with E-state index in [0.717, 1.165) is 38.8 Å². The topological polar surface area (TPSA) is 51.8 Å². The van der Waals surface area contributed by atoms with Crippen molar-refractivity contribution in [1.82, 2.24) is 15.0 Å². The molecule has 0 unspecified atom stereocenters. The summed E-state index contributed by atoms with van der Waals surface area (Å²) < 4.78 is 79.1. The van der Waals surface area contributed by atoms with Crippen molar-refractivity contribution in [2.75, 3.05) is 0 Å². The van der Waals surface area contributed by atoms with Crippen LogP contribution in [-0.2, 0) is 30.9 Å². The summed E-state index contributed by atoms with van der Waals surface area (Å²) in [5, 5.41) is 2.76. The summed E-state index contributed by atoms with van der Waals surface area (Å²) in [6, 6.07) is 22.7. The van der Waals surface area contributed by atoms with Crippen molar-refractivity contribution >= 4 is 35.3 Å². The number of rotatable bonds is 3. The fraction of sp³-hybridized carbons (Fsp3) is 0.325. The molecule has 4 nitrogen and oxygen atoms in total. The third-order valence-electron chi connectivity index (χ3n) is 7.88. The van der Waals surface area contributed by atoms with Crippen LogP contribution in [0.5, 0.6) is 0 Å². The molecular formula is C40H45IrN3OSi-2. The van der Waals surface area contributed by atoms with Crippen molar-refractivity contribution in [3.63, 3.8) is 0 Å². The second kappa shape index (κ2) is 13.3. The average molecular weight is 813 g/mol. The van der Waals surface area contributed by atoms with Gasteiger partial charge in [-0.3, -0.25) is 0 Å². The van der Waals surface area contributed by atoms with E-state index in [1.54, 1.807) is 6.20 Å². The minimum Gasteiger partial charge on any atom is -0.486 e.